The zero-order valence-corrected chi connectivity index (χ0v) is 11.6. The molecule has 1 heterocycles. The number of ether oxygens (including phenoxy) is 1. The molecular weight excluding hydrogens is 252 g/mol. The van der Waals surface area contributed by atoms with Crippen LogP contribution in [-0.2, 0) is 0 Å². The van der Waals surface area contributed by atoms with E-state index in [9.17, 15) is 0 Å². The minimum absolute atomic E-state index is 0.589. The number of aromatic nitrogens is 2. The minimum Gasteiger partial charge on any atom is -0.491 e. The Morgan fingerprint density at radius 2 is 2.20 bits per heavy atom. The molecule has 0 spiro atoms. The van der Waals surface area contributed by atoms with Gasteiger partial charge in [-0.3, -0.25) is 0 Å². The summed E-state index contributed by atoms with van der Waals surface area (Å²) in [6, 6.07) is 9.39. The molecule has 5 heteroatoms. The third-order valence-corrected chi connectivity index (χ3v) is 2.82. The Morgan fingerprint density at radius 3 is 2.90 bits per heavy atom. The topological polar surface area (TPSA) is 70.8 Å². The van der Waals surface area contributed by atoms with Crippen LogP contribution in [0.25, 0.3) is 11.3 Å². The Balaban J connectivity index is 2.47. The molecule has 2 rings (SSSR count). The van der Waals surface area contributed by atoms with Gasteiger partial charge in [-0.15, -0.1) is 0 Å². The van der Waals surface area contributed by atoms with Crippen LogP contribution in [0.2, 0.25) is 0 Å². The average Bonchev–Trinajstić information content (AvgIpc) is 2.52. The van der Waals surface area contributed by atoms with E-state index in [0.29, 0.717) is 22.8 Å². The lowest BCUT2D eigenvalue weighted by Gasteiger charge is -2.12. The van der Waals surface area contributed by atoms with Gasteiger partial charge in [0.05, 0.1) is 18.7 Å². The molecule has 0 unspecified atom stereocenters. The van der Waals surface area contributed by atoms with Gasteiger partial charge in [-0.2, -0.15) is 5.26 Å². The molecule has 0 radical (unpaired) electrons. The highest BCUT2D eigenvalue weighted by atomic mass is 16.5. The molecule has 5 nitrogen and oxygen atoms in total. The number of nitrogens with zero attached hydrogens (tertiary/aromatic N) is 3. The van der Waals surface area contributed by atoms with Gasteiger partial charge in [0, 0.05) is 12.1 Å². The number of hydrogen-bond acceptors (Lipinski definition) is 5. The molecule has 1 N–H and O–H groups in total. The van der Waals surface area contributed by atoms with E-state index in [1.54, 1.807) is 19.2 Å². The molecule has 102 valence electrons. The monoisotopic (exact) mass is 268 g/mol. The van der Waals surface area contributed by atoms with Gasteiger partial charge >= 0.3 is 0 Å². The van der Waals surface area contributed by atoms with E-state index in [4.69, 9.17) is 10.00 Å². The zero-order chi connectivity index (χ0) is 14.4. The normalized spacial score (nSPS) is 9.85. The first-order chi connectivity index (χ1) is 9.80. The molecule has 0 aliphatic rings. The van der Waals surface area contributed by atoms with E-state index >= 15 is 0 Å². The summed E-state index contributed by atoms with van der Waals surface area (Å²) in [5.41, 5.74) is 2.10. The van der Waals surface area contributed by atoms with Crippen molar-refractivity contribution in [3.63, 3.8) is 0 Å². The fourth-order valence-corrected chi connectivity index (χ4v) is 1.88. The van der Waals surface area contributed by atoms with Gasteiger partial charge in [-0.05, 0) is 18.6 Å². The van der Waals surface area contributed by atoms with Crippen molar-refractivity contribution in [1.82, 2.24) is 9.97 Å². The van der Waals surface area contributed by atoms with E-state index < -0.39 is 0 Å². The Bertz CT molecular complexity index is 634. The highest BCUT2D eigenvalue weighted by Gasteiger charge is 2.13. The second kappa shape index (κ2) is 6.53. The van der Waals surface area contributed by atoms with Crippen LogP contribution in [0, 0.1) is 11.3 Å². The predicted octanol–water partition coefficient (Wildman–Crippen LogP) is 2.85. The van der Waals surface area contributed by atoms with Crippen LogP contribution in [0.3, 0.4) is 0 Å². The van der Waals surface area contributed by atoms with E-state index in [1.165, 1.54) is 6.33 Å². The largest absolute Gasteiger partial charge is 0.491 e. The van der Waals surface area contributed by atoms with Crippen LogP contribution in [0.15, 0.2) is 30.6 Å². The van der Waals surface area contributed by atoms with Crippen LogP contribution >= 0.6 is 0 Å². The Hall–Kier alpha value is -2.61. The van der Waals surface area contributed by atoms with Gasteiger partial charge in [0.25, 0.3) is 0 Å². The summed E-state index contributed by atoms with van der Waals surface area (Å²) in [5, 5.41) is 12.2. The molecular formula is C15H16N4O. The number of rotatable bonds is 5. The average molecular weight is 268 g/mol. The first-order valence-corrected chi connectivity index (χ1v) is 6.43. The summed E-state index contributed by atoms with van der Waals surface area (Å²) in [6.07, 6.45) is 2.49. The molecule has 0 saturated heterocycles. The third-order valence-electron chi connectivity index (χ3n) is 2.82. The second-order valence-electron chi connectivity index (χ2n) is 4.22. The van der Waals surface area contributed by atoms with E-state index in [-0.39, 0.29) is 0 Å². The van der Waals surface area contributed by atoms with Crippen LogP contribution in [0.5, 0.6) is 5.75 Å². The zero-order valence-electron chi connectivity index (χ0n) is 11.6. The van der Waals surface area contributed by atoms with Gasteiger partial charge < -0.3 is 10.1 Å². The van der Waals surface area contributed by atoms with Crippen molar-refractivity contribution < 1.29 is 4.74 Å². The lowest BCUT2D eigenvalue weighted by molar-refractivity contribution is 0.414. The summed E-state index contributed by atoms with van der Waals surface area (Å²) in [6.45, 7) is 2.89. The van der Waals surface area contributed by atoms with Gasteiger partial charge in [0.1, 0.15) is 12.0 Å². The molecule has 0 fully saturated rings. The summed E-state index contributed by atoms with van der Waals surface area (Å²) in [4.78, 5) is 8.48. The molecule has 2 aromatic rings. The quantitative estimate of drug-likeness (QED) is 0.902. The summed E-state index contributed by atoms with van der Waals surface area (Å²) in [7, 11) is 1.59. The number of hydrogen-bond donors (Lipinski definition) is 1. The minimum atomic E-state index is 0.589. The van der Waals surface area contributed by atoms with Gasteiger partial charge in [0.2, 0.25) is 0 Å². The molecule has 20 heavy (non-hydrogen) atoms. The van der Waals surface area contributed by atoms with Crippen LogP contribution in [0.4, 0.5) is 5.82 Å². The highest BCUT2D eigenvalue weighted by Crippen LogP contribution is 2.33. The molecule has 1 aromatic heterocycles. The van der Waals surface area contributed by atoms with Crippen molar-refractivity contribution in [3.05, 3.63) is 36.2 Å². The fraction of sp³-hybridized carbons (Fsp3) is 0.267. The third kappa shape index (κ3) is 2.86. The van der Waals surface area contributed by atoms with Gasteiger partial charge in [-0.25, -0.2) is 9.97 Å². The standard InChI is InChI=1S/C15H16N4O/c1-3-7-17-15-14(20-2)13(18-10-19-15)12-6-4-5-11(8-12)9-16/h4-6,8,10H,3,7H2,1-2H3,(H,17,18,19). The first-order valence-electron chi connectivity index (χ1n) is 6.43. The molecule has 0 aliphatic carbocycles. The fourth-order valence-electron chi connectivity index (χ4n) is 1.88. The number of benzene rings is 1. The van der Waals surface area contributed by atoms with Crippen LogP contribution < -0.4 is 10.1 Å². The van der Waals surface area contributed by atoms with E-state index in [1.807, 2.05) is 12.1 Å². The maximum Gasteiger partial charge on any atom is 0.187 e. The number of methoxy groups -OCH3 is 1. The van der Waals surface area contributed by atoms with Gasteiger partial charge in [0.15, 0.2) is 11.6 Å². The van der Waals surface area contributed by atoms with Crippen LogP contribution in [0.1, 0.15) is 18.9 Å². The predicted molar refractivity (Wildman–Crippen MR) is 77.5 cm³/mol. The lowest BCUT2D eigenvalue weighted by Crippen LogP contribution is -2.05. The Kier molecular flexibility index (Phi) is 4.51. The van der Waals surface area contributed by atoms with Crippen molar-refractivity contribution in [3.8, 4) is 23.1 Å². The molecule has 1 aromatic carbocycles. The van der Waals surface area contributed by atoms with E-state index in [0.717, 1.165) is 18.5 Å². The Labute approximate surface area is 118 Å². The van der Waals surface area contributed by atoms with Crippen molar-refractivity contribution >= 4 is 5.82 Å². The molecule has 0 saturated carbocycles. The highest BCUT2D eigenvalue weighted by molar-refractivity contribution is 5.73. The summed E-state index contributed by atoms with van der Waals surface area (Å²) < 4.78 is 5.43. The molecule has 0 atom stereocenters. The number of nitrogens with one attached hydrogen (secondary N) is 1. The summed E-state index contributed by atoms with van der Waals surface area (Å²) in [5.74, 6) is 1.26. The van der Waals surface area contributed by atoms with Gasteiger partial charge in [-0.1, -0.05) is 19.1 Å². The Morgan fingerprint density at radius 1 is 1.35 bits per heavy atom. The SMILES string of the molecule is CCCNc1ncnc(-c2cccc(C#N)c2)c1OC. The lowest BCUT2D eigenvalue weighted by atomic mass is 10.1. The van der Waals surface area contributed by atoms with Crippen LogP contribution in [-0.4, -0.2) is 23.6 Å². The maximum atomic E-state index is 8.98. The number of nitriles is 1. The maximum absolute atomic E-state index is 8.98. The van der Waals surface area contributed by atoms with Crippen molar-refractivity contribution in [2.24, 2.45) is 0 Å². The van der Waals surface area contributed by atoms with E-state index in [2.05, 4.69) is 28.3 Å². The molecule has 0 bridgehead atoms. The molecule has 0 aliphatic heterocycles. The summed E-state index contributed by atoms with van der Waals surface area (Å²) >= 11 is 0. The smallest absolute Gasteiger partial charge is 0.187 e. The molecule has 0 amide bonds. The number of anilines is 1. The van der Waals surface area contributed by atoms with Crippen molar-refractivity contribution in [1.29, 1.82) is 5.26 Å². The van der Waals surface area contributed by atoms with Crippen molar-refractivity contribution in [2.45, 2.75) is 13.3 Å². The first kappa shape index (κ1) is 13.8. The van der Waals surface area contributed by atoms with Crippen molar-refractivity contribution in [2.75, 3.05) is 19.0 Å². The second-order valence-corrected chi connectivity index (χ2v) is 4.22.